The first-order valence-corrected chi connectivity index (χ1v) is 12.6. The SMILES string of the molecule is CCN(CC)S(=O)(=O)c1cc(NC(=O)C(C)N(C)Cc2nc3ccccc3c(=O)[nH]2)ccc1C. The van der Waals surface area contributed by atoms with Crippen LogP contribution in [0.3, 0.4) is 0 Å². The van der Waals surface area contributed by atoms with Crippen LogP contribution in [-0.2, 0) is 21.4 Å². The number of nitrogens with one attached hydrogen (secondary N) is 2. The molecule has 0 aliphatic heterocycles. The van der Waals surface area contributed by atoms with Gasteiger partial charge < -0.3 is 10.3 Å². The Kier molecular flexibility index (Phi) is 7.86. The maximum Gasteiger partial charge on any atom is 0.258 e. The molecule has 34 heavy (non-hydrogen) atoms. The van der Waals surface area contributed by atoms with E-state index in [-0.39, 0.29) is 22.9 Å². The minimum atomic E-state index is -3.66. The highest BCUT2D eigenvalue weighted by Gasteiger charge is 2.25. The number of hydrogen-bond acceptors (Lipinski definition) is 6. The van der Waals surface area contributed by atoms with Gasteiger partial charge in [-0.2, -0.15) is 4.31 Å². The van der Waals surface area contributed by atoms with Crippen molar-refractivity contribution in [3.8, 4) is 0 Å². The van der Waals surface area contributed by atoms with Crippen LogP contribution in [-0.4, -0.2) is 59.7 Å². The van der Waals surface area contributed by atoms with Crippen molar-refractivity contribution in [3.05, 3.63) is 64.2 Å². The lowest BCUT2D eigenvalue weighted by atomic mass is 10.2. The van der Waals surface area contributed by atoms with Crippen molar-refractivity contribution in [2.75, 3.05) is 25.5 Å². The zero-order valence-corrected chi connectivity index (χ0v) is 20.9. The summed E-state index contributed by atoms with van der Waals surface area (Å²) in [6.07, 6.45) is 0. The second-order valence-corrected chi connectivity index (χ2v) is 10.1. The van der Waals surface area contributed by atoms with E-state index in [4.69, 9.17) is 0 Å². The van der Waals surface area contributed by atoms with Gasteiger partial charge in [-0.3, -0.25) is 14.5 Å². The number of fused-ring (bicyclic) bond motifs is 1. The molecule has 1 aromatic heterocycles. The number of carbonyl (C=O) groups is 1. The molecule has 1 amide bonds. The van der Waals surface area contributed by atoms with Crippen molar-refractivity contribution < 1.29 is 13.2 Å². The van der Waals surface area contributed by atoms with Crippen LogP contribution in [0.4, 0.5) is 5.69 Å². The van der Waals surface area contributed by atoms with Gasteiger partial charge in [0, 0.05) is 18.8 Å². The summed E-state index contributed by atoms with van der Waals surface area (Å²) in [7, 11) is -1.91. The molecule has 0 aliphatic carbocycles. The van der Waals surface area contributed by atoms with Crippen molar-refractivity contribution in [2.45, 2.75) is 45.2 Å². The van der Waals surface area contributed by atoms with Crippen molar-refractivity contribution in [1.29, 1.82) is 0 Å². The van der Waals surface area contributed by atoms with Crippen LogP contribution in [0.1, 0.15) is 32.2 Å². The van der Waals surface area contributed by atoms with Gasteiger partial charge in [0.05, 0.1) is 28.4 Å². The number of aromatic amines is 1. The first-order valence-electron chi connectivity index (χ1n) is 11.2. The number of para-hydroxylation sites is 1. The Balaban J connectivity index is 1.76. The number of nitrogens with zero attached hydrogens (tertiary/aromatic N) is 3. The highest BCUT2D eigenvalue weighted by atomic mass is 32.2. The molecule has 0 radical (unpaired) electrons. The van der Waals surface area contributed by atoms with Crippen LogP contribution in [0.15, 0.2) is 52.2 Å². The van der Waals surface area contributed by atoms with E-state index in [0.29, 0.717) is 41.1 Å². The van der Waals surface area contributed by atoms with E-state index in [0.717, 1.165) is 0 Å². The molecule has 2 N–H and O–H groups in total. The van der Waals surface area contributed by atoms with Gasteiger partial charge in [0.1, 0.15) is 5.82 Å². The molecule has 1 heterocycles. The fourth-order valence-corrected chi connectivity index (χ4v) is 5.40. The van der Waals surface area contributed by atoms with E-state index in [9.17, 15) is 18.0 Å². The van der Waals surface area contributed by atoms with Gasteiger partial charge >= 0.3 is 0 Å². The third-order valence-electron chi connectivity index (χ3n) is 5.88. The van der Waals surface area contributed by atoms with Crippen molar-refractivity contribution in [3.63, 3.8) is 0 Å². The molecule has 0 saturated heterocycles. The Hall–Kier alpha value is -3.08. The number of H-pyrrole nitrogens is 1. The van der Waals surface area contributed by atoms with Crippen LogP contribution in [0.5, 0.6) is 0 Å². The molecule has 2 aromatic carbocycles. The first kappa shape index (κ1) is 25.5. The Morgan fingerprint density at radius 3 is 2.50 bits per heavy atom. The fraction of sp³-hybridized carbons (Fsp3) is 0.375. The highest BCUT2D eigenvalue weighted by molar-refractivity contribution is 7.89. The molecule has 1 atom stereocenters. The van der Waals surface area contributed by atoms with Gasteiger partial charge in [-0.05, 0) is 50.7 Å². The quantitative estimate of drug-likeness (QED) is 0.482. The van der Waals surface area contributed by atoms with Crippen molar-refractivity contribution >= 4 is 32.5 Å². The first-order chi connectivity index (χ1) is 16.1. The number of aromatic nitrogens is 2. The smallest absolute Gasteiger partial charge is 0.258 e. The minimum Gasteiger partial charge on any atom is -0.325 e. The van der Waals surface area contributed by atoms with Gasteiger partial charge in [0.25, 0.3) is 5.56 Å². The largest absolute Gasteiger partial charge is 0.325 e. The van der Waals surface area contributed by atoms with Gasteiger partial charge in [-0.25, -0.2) is 13.4 Å². The van der Waals surface area contributed by atoms with Gasteiger partial charge in [0.15, 0.2) is 0 Å². The van der Waals surface area contributed by atoms with E-state index in [1.807, 2.05) is 6.07 Å². The zero-order valence-electron chi connectivity index (χ0n) is 20.1. The molecule has 0 aliphatic rings. The summed E-state index contributed by atoms with van der Waals surface area (Å²) in [5, 5.41) is 3.32. The maximum absolute atomic E-state index is 13.0. The lowest BCUT2D eigenvalue weighted by Gasteiger charge is -2.24. The summed E-state index contributed by atoms with van der Waals surface area (Å²) >= 11 is 0. The molecule has 0 fully saturated rings. The van der Waals surface area contributed by atoms with Crippen molar-refractivity contribution in [2.24, 2.45) is 0 Å². The molecule has 0 bridgehead atoms. The number of benzene rings is 2. The normalized spacial score (nSPS) is 12.9. The zero-order chi connectivity index (χ0) is 25.0. The molecular weight excluding hydrogens is 454 g/mol. The van der Waals surface area contributed by atoms with Crippen LogP contribution in [0.2, 0.25) is 0 Å². The van der Waals surface area contributed by atoms with E-state index >= 15 is 0 Å². The molecular formula is C24H31N5O4S. The third kappa shape index (κ3) is 5.35. The standard InChI is InChI=1S/C24H31N5O4S/c1-6-29(7-2)34(32,33)21-14-18(13-12-16(21)3)25-23(30)17(4)28(5)15-22-26-20-11-9-8-10-19(20)24(31)27-22/h8-14,17H,6-7,15H2,1-5H3,(H,25,30)(H,26,27,31). The Bertz CT molecular complexity index is 1350. The minimum absolute atomic E-state index is 0.174. The molecule has 182 valence electrons. The molecule has 1 unspecified atom stereocenters. The predicted molar refractivity (Wildman–Crippen MR) is 133 cm³/mol. The fourth-order valence-electron chi connectivity index (χ4n) is 3.69. The summed E-state index contributed by atoms with van der Waals surface area (Å²) in [6.45, 7) is 8.02. The van der Waals surface area contributed by atoms with Crippen LogP contribution in [0, 0.1) is 6.92 Å². The van der Waals surface area contributed by atoms with Gasteiger partial charge in [0.2, 0.25) is 15.9 Å². The number of anilines is 1. The van der Waals surface area contributed by atoms with E-state index in [1.165, 1.54) is 10.4 Å². The summed E-state index contributed by atoms with van der Waals surface area (Å²) < 4.78 is 27.4. The molecule has 10 heteroatoms. The third-order valence-corrected chi connectivity index (χ3v) is 8.07. The number of sulfonamides is 1. The Morgan fingerprint density at radius 2 is 1.82 bits per heavy atom. The lowest BCUT2D eigenvalue weighted by Crippen LogP contribution is -2.39. The average Bonchev–Trinajstić information content (AvgIpc) is 2.80. The second kappa shape index (κ2) is 10.5. The second-order valence-electron chi connectivity index (χ2n) is 8.18. The van der Waals surface area contributed by atoms with E-state index in [1.54, 1.807) is 70.0 Å². The summed E-state index contributed by atoms with van der Waals surface area (Å²) in [5.41, 5.74) is 1.38. The Labute approximate surface area is 199 Å². The van der Waals surface area contributed by atoms with Crippen LogP contribution < -0.4 is 10.9 Å². The number of amides is 1. The predicted octanol–water partition coefficient (Wildman–Crippen LogP) is 2.72. The van der Waals surface area contributed by atoms with Crippen molar-refractivity contribution in [1.82, 2.24) is 19.2 Å². The topological polar surface area (TPSA) is 115 Å². The number of aryl methyl sites for hydroxylation is 1. The maximum atomic E-state index is 13.0. The Morgan fingerprint density at radius 1 is 1.15 bits per heavy atom. The van der Waals surface area contributed by atoms with E-state index in [2.05, 4.69) is 15.3 Å². The average molecular weight is 486 g/mol. The monoisotopic (exact) mass is 485 g/mol. The summed E-state index contributed by atoms with van der Waals surface area (Å²) in [6, 6.07) is 11.4. The van der Waals surface area contributed by atoms with Gasteiger partial charge in [-0.15, -0.1) is 0 Å². The molecule has 3 aromatic rings. The number of rotatable bonds is 9. The number of likely N-dealkylation sites (N-methyl/N-ethyl adjacent to an activating group) is 1. The molecule has 0 saturated carbocycles. The molecule has 3 rings (SSSR count). The lowest BCUT2D eigenvalue weighted by molar-refractivity contribution is -0.120. The highest BCUT2D eigenvalue weighted by Crippen LogP contribution is 2.24. The van der Waals surface area contributed by atoms with Crippen LogP contribution in [0.25, 0.3) is 10.9 Å². The van der Waals surface area contributed by atoms with Crippen LogP contribution >= 0.6 is 0 Å². The summed E-state index contributed by atoms with van der Waals surface area (Å²) in [4.78, 5) is 34.4. The molecule has 0 spiro atoms. The molecule has 9 nitrogen and oxygen atoms in total. The number of carbonyl (C=O) groups excluding carboxylic acids is 1. The summed E-state index contributed by atoms with van der Waals surface area (Å²) in [5.74, 6) is 0.148. The number of hydrogen-bond donors (Lipinski definition) is 2. The van der Waals surface area contributed by atoms with E-state index < -0.39 is 16.1 Å². The van der Waals surface area contributed by atoms with Gasteiger partial charge in [-0.1, -0.05) is 32.0 Å².